The number of hydrogen-bond donors (Lipinski definition) is 12. The van der Waals surface area contributed by atoms with Crippen LogP contribution in [-0.2, 0) is 28.4 Å². The molecule has 0 aromatic rings. The Labute approximate surface area is 243 Å². The van der Waals surface area contributed by atoms with Gasteiger partial charge in [0.05, 0.1) is 43.0 Å². The van der Waals surface area contributed by atoms with Gasteiger partial charge in [-0.25, -0.2) is 0 Å². The predicted molar refractivity (Wildman–Crippen MR) is 142 cm³/mol. The Hall–Kier alpha value is -0.720. The van der Waals surface area contributed by atoms with Gasteiger partial charge in [-0.1, -0.05) is 0 Å². The van der Waals surface area contributed by atoms with Gasteiger partial charge in [0.25, 0.3) is 0 Å². The van der Waals surface area contributed by atoms with E-state index in [1.165, 1.54) is 0 Å². The first-order valence-corrected chi connectivity index (χ1v) is 14.2. The summed E-state index contributed by atoms with van der Waals surface area (Å²) in [6.45, 7) is 0.988. The van der Waals surface area contributed by atoms with E-state index in [0.29, 0.717) is 12.8 Å². The molecule has 18 N–H and O–H groups in total. The third-order valence-electron chi connectivity index (χ3n) is 8.58. The highest BCUT2D eigenvalue weighted by atomic mass is 16.8. The van der Waals surface area contributed by atoms with Gasteiger partial charge < -0.3 is 93.5 Å². The Morgan fingerprint density at radius 2 is 1.29 bits per heavy atom. The second-order valence-corrected chi connectivity index (χ2v) is 11.6. The fraction of sp³-hybridized carbons (Fsp3) is 1.00. The van der Waals surface area contributed by atoms with Crippen molar-refractivity contribution in [1.82, 2.24) is 0 Å². The number of hydrogen-bond acceptors (Lipinski definition) is 18. The molecule has 0 aromatic heterocycles. The molecule has 19 atom stereocenters. The first-order chi connectivity index (χ1) is 19.8. The van der Waals surface area contributed by atoms with E-state index >= 15 is 0 Å². The van der Waals surface area contributed by atoms with Crippen molar-refractivity contribution in [3.63, 3.8) is 0 Å². The Morgan fingerprint density at radius 1 is 0.667 bits per heavy atom. The fourth-order valence-corrected chi connectivity index (χ4v) is 5.83. The van der Waals surface area contributed by atoms with Crippen LogP contribution >= 0.6 is 0 Å². The number of aliphatic hydroxyl groups excluding tert-OH is 6. The van der Waals surface area contributed by atoms with Gasteiger partial charge in [0, 0.05) is 12.6 Å². The molecule has 4 rings (SSSR count). The summed E-state index contributed by atoms with van der Waals surface area (Å²) >= 11 is 0. The van der Waals surface area contributed by atoms with Crippen LogP contribution in [0.4, 0.5) is 0 Å². The van der Waals surface area contributed by atoms with Crippen LogP contribution in [0.5, 0.6) is 0 Å². The van der Waals surface area contributed by atoms with Gasteiger partial charge in [-0.2, -0.15) is 0 Å². The lowest BCUT2D eigenvalue weighted by Crippen LogP contribution is -2.71. The Kier molecular flexibility index (Phi) is 11.5. The molecular weight excluding hydrogens is 564 g/mol. The van der Waals surface area contributed by atoms with E-state index in [-0.39, 0.29) is 18.7 Å². The van der Waals surface area contributed by atoms with Crippen LogP contribution < -0.4 is 34.4 Å². The maximum absolute atomic E-state index is 11.1. The summed E-state index contributed by atoms with van der Waals surface area (Å²) in [5, 5.41) is 63.2. The fourth-order valence-electron chi connectivity index (χ4n) is 5.83. The number of ether oxygens (including phenoxy) is 6. The second-order valence-electron chi connectivity index (χ2n) is 11.6. The topological polar surface area (TPSA) is 333 Å². The summed E-state index contributed by atoms with van der Waals surface area (Å²) in [5.41, 5.74) is 36.1. The molecule has 4 fully saturated rings. The maximum atomic E-state index is 11.1. The van der Waals surface area contributed by atoms with Crippen molar-refractivity contribution >= 4 is 0 Å². The predicted octanol–water partition coefficient (Wildman–Crippen LogP) is -7.48. The number of rotatable bonds is 9. The summed E-state index contributed by atoms with van der Waals surface area (Å²) in [6.07, 6.45) is -16.5. The number of nitrogens with two attached hydrogens (primary N) is 6. The van der Waals surface area contributed by atoms with E-state index in [2.05, 4.69) is 0 Å². The summed E-state index contributed by atoms with van der Waals surface area (Å²) in [5.74, 6) is 0. The maximum Gasteiger partial charge on any atom is 0.187 e. The lowest BCUT2D eigenvalue weighted by atomic mass is 9.82. The van der Waals surface area contributed by atoms with E-state index < -0.39 is 111 Å². The molecule has 3 saturated heterocycles. The van der Waals surface area contributed by atoms with E-state index in [0.717, 1.165) is 0 Å². The monoisotopic (exact) mass is 612 g/mol. The van der Waals surface area contributed by atoms with Crippen molar-refractivity contribution in [3.8, 4) is 0 Å². The number of aliphatic hydroxyl groups is 6. The Balaban J connectivity index is 1.51. The van der Waals surface area contributed by atoms with Gasteiger partial charge in [0.1, 0.15) is 54.9 Å². The minimum Gasteiger partial charge on any atom is -0.394 e. The van der Waals surface area contributed by atoms with E-state index in [4.69, 9.17) is 62.8 Å². The summed E-state index contributed by atoms with van der Waals surface area (Å²) < 4.78 is 35.1. The van der Waals surface area contributed by atoms with Crippen LogP contribution in [0.25, 0.3) is 0 Å². The smallest absolute Gasteiger partial charge is 0.187 e. The van der Waals surface area contributed by atoms with Crippen molar-refractivity contribution in [2.24, 2.45) is 34.4 Å². The van der Waals surface area contributed by atoms with E-state index in [9.17, 15) is 30.6 Å². The van der Waals surface area contributed by atoms with Crippen LogP contribution in [0, 0.1) is 0 Å². The molecule has 3 aliphatic heterocycles. The van der Waals surface area contributed by atoms with Crippen LogP contribution in [0.3, 0.4) is 0 Å². The second kappa shape index (κ2) is 14.1. The molecule has 42 heavy (non-hydrogen) atoms. The molecule has 3 heterocycles. The molecule has 246 valence electrons. The molecule has 0 spiro atoms. The average Bonchev–Trinajstić information content (AvgIpc) is 3.26. The van der Waals surface area contributed by atoms with Gasteiger partial charge in [0.2, 0.25) is 0 Å². The summed E-state index contributed by atoms with van der Waals surface area (Å²) in [7, 11) is 0. The molecule has 0 unspecified atom stereocenters. The zero-order valence-corrected chi connectivity index (χ0v) is 23.4. The standard InChI is InChI=1S/C24H48N6O12/c1-6(26)8-3-2-7(27)22(37-8)41-20-12(29)15(33)11(28)17(35)21(20)42-24-18(36)19(10(5-31)39-24)40-23-13(30)16(34)14(32)9(4-25)38-23/h6-24,31-36H,2-5,25-30H2,1H3/t6-,7+,8-,9-,10+,11+,12-,13+,14+,15+,16+,17-,18+,19+,20+,21+,22+,23+,24-/m0/s1. The Bertz CT molecular complexity index is 867. The molecule has 18 nitrogen and oxygen atoms in total. The molecular formula is C24H48N6O12. The average molecular weight is 613 g/mol. The molecule has 1 saturated carbocycles. The molecule has 18 heteroatoms. The quantitative estimate of drug-likeness (QED) is 0.115. The van der Waals surface area contributed by atoms with E-state index in [1.807, 2.05) is 0 Å². The third kappa shape index (κ3) is 6.76. The van der Waals surface area contributed by atoms with Crippen LogP contribution in [0.1, 0.15) is 19.8 Å². The minimum absolute atomic E-state index is 0.156. The van der Waals surface area contributed by atoms with Crippen molar-refractivity contribution in [1.29, 1.82) is 0 Å². The van der Waals surface area contributed by atoms with Crippen LogP contribution in [0.2, 0.25) is 0 Å². The van der Waals surface area contributed by atoms with Gasteiger partial charge in [0.15, 0.2) is 18.9 Å². The zero-order chi connectivity index (χ0) is 31.0. The van der Waals surface area contributed by atoms with Gasteiger partial charge in [-0.05, 0) is 19.8 Å². The minimum atomic E-state index is -1.60. The lowest BCUT2D eigenvalue weighted by Gasteiger charge is -2.48. The van der Waals surface area contributed by atoms with Gasteiger partial charge in [-0.15, -0.1) is 0 Å². The van der Waals surface area contributed by atoms with Crippen molar-refractivity contribution in [3.05, 3.63) is 0 Å². The van der Waals surface area contributed by atoms with Crippen LogP contribution in [-0.4, -0.2) is 160 Å². The van der Waals surface area contributed by atoms with Crippen molar-refractivity contribution in [2.75, 3.05) is 13.2 Å². The molecule has 1 aliphatic carbocycles. The third-order valence-corrected chi connectivity index (χ3v) is 8.58. The summed E-state index contributed by atoms with van der Waals surface area (Å²) in [4.78, 5) is 0. The van der Waals surface area contributed by atoms with Crippen molar-refractivity contribution < 1.29 is 59.1 Å². The first kappa shape index (κ1) is 34.2. The summed E-state index contributed by atoms with van der Waals surface area (Å²) in [6, 6.07) is -4.55. The largest absolute Gasteiger partial charge is 0.394 e. The molecule has 0 aromatic carbocycles. The van der Waals surface area contributed by atoms with Crippen LogP contribution in [0.15, 0.2) is 0 Å². The molecule has 4 aliphatic rings. The van der Waals surface area contributed by atoms with Gasteiger partial charge >= 0.3 is 0 Å². The highest BCUT2D eigenvalue weighted by Crippen LogP contribution is 2.34. The lowest BCUT2D eigenvalue weighted by molar-refractivity contribution is -0.296. The molecule has 0 amide bonds. The highest BCUT2D eigenvalue weighted by molar-refractivity contribution is 5.05. The molecule has 0 bridgehead atoms. The normalized spacial score (nSPS) is 52.8. The highest BCUT2D eigenvalue weighted by Gasteiger charge is 2.55. The first-order valence-electron chi connectivity index (χ1n) is 14.2. The Morgan fingerprint density at radius 3 is 1.90 bits per heavy atom. The zero-order valence-electron chi connectivity index (χ0n) is 23.4. The van der Waals surface area contributed by atoms with Gasteiger partial charge in [-0.3, -0.25) is 0 Å². The van der Waals surface area contributed by atoms with Crippen molar-refractivity contribution in [2.45, 2.75) is 136 Å². The SMILES string of the molecule is C[C@H](N)[C@@H]1CC[C@@H](N)[C@@H](O[C@@H]2[C@@H](N)[C@H](O)[C@@H](N)[C@H](O)[C@H]2O[C@@H]2O[C@H](CO)[C@@H](O[C@H]3O[C@@H](CN)[C@@H](O)[C@H](O)[C@H]3N)[C@H]2O)O1. The van der Waals surface area contributed by atoms with E-state index in [1.54, 1.807) is 6.92 Å². The molecule has 0 radical (unpaired) electrons.